The average Bonchev–Trinajstić information content (AvgIpc) is 3.10. The van der Waals surface area contributed by atoms with Gasteiger partial charge in [-0.1, -0.05) is 24.3 Å². The number of fused-ring (bicyclic) bond motifs is 1. The third-order valence-electron chi connectivity index (χ3n) is 3.58. The standard InChI is InChI=1S/C18H15N5O3S/c1-27(24,25)22-16-11-5-9-14(19-16)17-20-18(15-10-6-12-23(15)21-17)26-13-7-3-2-4-8-13/h2-12H,1H3,(H,19,22). The van der Waals surface area contributed by atoms with E-state index in [2.05, 4.69) is 19.8 Å². The quantitative estimate of drug-likeness (QED) is 0.571. The molecule has 0 amide bonds. The van der Waals surface area contributed by atoms with Gasteiger partial charge < -0.3 is 4.74 Å². The van der Waals surface area contributed by atoms with Crippen molar-refractivity contribution in [2.24, 2.45) is 0 Å². The van der Waals surface area contributed by atoms with Crippen LogP contribution < -0.4 is 9.46 Å². The van der Waals surface area contributed by atoms with Crippen LogP contribution in [-0.4, -0.2) is 34.3 Å². The number of hydrogen-bond donors (Lipinski definition) is 1. The molecule has 1 aromatic carbocycles. The first kappa shape index (κ1) is 17.0. The zero-order valence-electron chi connectivity index (χ0n) is 14.3. The van der Waals surface area contributed by atoms with Crippen LogP contribution in [-0.2, 0) is 10.0 Å². The molecule has 0 aliphatic rings. The van der Waals surface area contributed by atoms with Gasteiger partial charge in [0.15, 0.2) is 0 Å². The molecule has 1 N–H and O–H groups in total. The second-order valence-electron chi connectivity index (χ2n) is 5.78. The number of pyridine rings is 1. The Bertz CT molecular complexity index is 1210. The van der Waals surface area contributed by atoms with E-state index < -0.39 is 10.0 Å². The summed E-state index contributed by atoms with van der Waals surface area (Å²) in [6, 6.07) is 17.9. The summed E-state index contributed by atoms with van der Waals surface area (Å²) >= 11 is 0. The minimum Gasteiger partial charge on any atom is -0.437 e. The molecule has 0 aliphatic carbocycles. The summed E-state index contributed by atoms with van der Waals surface area (Å²) in [5, 5.41) is 4.43. The van der Waals surface area contributed by atoms with Crippen molar-refractivity contribution in [3.8, 4) is 23.1 Å². The zero-order valence-corrected chi connectivity index (χ0v) is 15.1. The normalized spacial score (nSPS) is 11.4. The highest BCUT2D eigenvalue weighted by Gasteiger charge is 2.13. The highest BCUT2D eigenvalue weighted by molar-refractivity contribution is 7.92. The highest BCUT2D eigenvalue weighted by atomic mass is 32.2. The predicted octanol–water partition coefficient (Wildman–Crippen LogP) is 2.96. The number of sulfonamides is 1. The summed E-state index contributed by atoms with van der Waals surface area (Å²) in [6.07, 6.45) is 2.84. The molecular weight excluding hydrogens is 366 g/mol. The molecule has 0 saturated carbocycles. The van der Waals surface area contributed by atoms with Gasteiger partial charge in [0, 0.05) is 6.20 Å². The van der Waals surface area contributed by atoms with Crippen molar-refractivity contribution in [1.29, 1.82) is 0 Å². The molecule has 0 spiro atoms. The van der Waals surface area contributed by atoms with Crippen LogP contribution in [0.25, 0.3) is 17.0 Å². The van der Waals surface area contributed by atoms with E-state index in [1.54, 1.807) is 28.9 Å². The van der Waals surface area contributed by atoms with Gasteiger partial charge in [0.05, 0.1) is 6.26 Å². The van der Waals surface area contributed by atoms with Crippen LogP contribution in [0.5, 0.6) is 11.6 Å². The van der Waals surface area contributed by atoms with E-state index in [4.69, 9.17) is 4.74 Å². The molecular formula is C18H15N5O3S. The topological polar surface area (TPSA) is 98.5 Å². The van der Waals surface area contributed by atoms with Gasteiger partial charge in [-0.2, -0.15) is 4.98 Å². The van der Waals surface area contributed by atoms with Crippen LogP contribution >= 0.6 is 0 Å². The predicted molar refractivity (Wildman–Crippen MR) is 101 cm³/mol. The third-order valence-corrected chi connectivity index (χ3v) is 4.16. The molecule has 3 aromatic heterocycles. The van der Waals surface area contributed by atoms with Crippen LogP contribution in [0.15, 0.2) is 66.9 Å². The van der Waals surface area contributed by atoms with Crippen molar-refractivity contribution in [3.05, 3.63) is 66.9 Å². The SMILES string of the molecule is CS(=O)(=O)Nc1cccc(-c2nc(Oc3ccccc3)c3cccn3n2)n1. The maximum absolute atomic E-state index is 11.4. The molecule has 0 aliphatic heterocycles. The number of nitrogens with one attached hydrogen (secondary N) is 1. The summed E-state index contributed by atoms with van der Waals surface area (Å²) in [7, 11) is -3.43. The Morgan fingerprint density at radius 1 is 0.963 bits per heavy atom. The van der Waals surface area contributed by atoms with Crippen molar-refractivity contribution in [2.45, 2.75) is 0 Å². The lowest BCUT2D eigenvalue weighted by Crippen LogP contribution is -2.11. The maximum atomic E-state index is 11.4. The first-order chi connectivity index (χ1) is 13.0. The van der Waals surface area contributed by atoms with E-state index in [-0.39, 0.29) is 5.82 Å². The second-order valence-corrected chi connectivity index (χ2v) is 7.52. The lowest BCUT2D eigenvalue weighted by Gasteiger charge is -2.09. The molecule has 0 bridgehead atoms. The maximum Gasteiger partial charge on any atom is 0.247 e. The fraction of sp³-hybridized carbons (Fsp3) is 0.0556. The highest BCUT2D eigenvalue weighted by Crippen LogP contribution is 2.26. The zero-order chi connectivity index (χ0) is 18.9. The second kappa shape index (κ2) is 6.69. The third kappa shape index (κ3) is 3.87. The fourth-order valence-electron chi connectivity index (χ4n) is 2.50. The van der Waals surface area contributed by atoms with Gasteiger partial charge in [-0.3, -0.25) is 4.72 Å². The molecule has 0 radical (unpaired) electrons. The van der Waals surface area contributed by atoms with E-state index in [1.165, 1.54) is 0 Å². The van der Waals surface area contributed by atoms with Crippen molar-refractivity contribution < 1.29 is 13.2 Å². The molecule has 8 nitrogen and oxygen atoms in total. The number of rotatable bonds is 5. The molecule has 3 heterocycles. The summed E-state index contributed by atoms with van der Waals surface area (Å²) < 4.78 is 32.8. The van der Waals surface area contributed by atoms with E-state index in [1.807, 2.05) is 42.5 Å². The van der Waals surface area contributed by atoms with Crippen LogP contribution in [0.1, 0.15) is 0 Å². The summed E-state index contributed by atoms with van der Waals surface area (Å²) in [5.74, 6) is 1.52. The number of anilines is 1. The first-order valence-electron chi connectivity index (χ1n) is 8.01. The number of ether oxygens (including phenoxy) is 1. The van der Waals surface area contributed by atoms with Crippen molar-refractivity contribution >= 4 is 21.4 Å². The molecule has 27 heavy (non-hydrogen) atoms. The lowest BCUT2D eigenvalue weighted by molar-refractivity contribution is 0.464. The van der Waals surface area contributed by atoms with Gasteiger partial charge in [0.25, 0.3) is 0 Å². The van der Waals surface area contributed by atoms with Gasteiger partial charge in [-0.15, -0.1) is 5.10 Å². The number of para-hydroxylation sites is 1. The number of nitrogens with zero attached hydrogens (tertiary/aromatic N) is 4. The Morgan fingerprint density at radius 3 is 2.56 bits per heavy atom. The van der Waals surface area contributed by atoms with Crippen molar-refractivity contribution in [3.63, 3.8) is 0 Å². The molecule has 0 saturated heterocycles. The Kier molecular flexibility index (Phi) is 4.21. The van der Waals surface area contributed by atoms with Crippen LogP contribution in [0.4, 0.5) is 5.82 Å². The molecule has 4 aromatic rings. The summed E-state index contributed by atoms with van der Waals surface area (Å²) in [4.78, 5) is 8.77. The molecule has 0 atom stereocenters. The number of aromatic nitrogens is 4. The molecule has 4 rings (SSSR count). The van der Waals surface area contributed by atoms with E-state index in [9.17, 15) is 8.42 Å². The number of benzene rings is 1. The minimum atomic E-state index is -3.43. The lowest BCUT2D eigenvalue weighted by atomic mass is 10.3. The van der Waals surface area contributed by atoms with Gasteiger partial charge in [-0.25, -0.2) is 17.9 Å². The fourth-order valence-corrected chi connectivity index (χ4v) is 2.99. The molecule has 0 unspecified atom stereocenters. The van der Waals surface area contributed by atoms with Gasteiger partial charge in [-0.05, 0) is 36.4 Å². The first-order valence-corrected chi connectivity index (χ1v) is 9.91. The average molecular weight is 381 g/mol. The molecule has 9 heteroatoms. The Morgan fingerprint density at radius 2 is 1.78 bits per heavy atom. The van der Waals surface area contributed by atoms with Gasteiger partial charge >= 0.3 is 0 Å². The summed E-state index contributed by atoms with van der Waals surface area (Å²) in [6.45, 7) is 0. The van der Waals surface area contributed by atoms with Crippen LogP contribution in [0.3, 0.4) is 0 Å². The van der Waals surface area contributed by atoms with E-state index in [0.29, 0.717) is 28.7 Å². The van der Waals surface area contributed by atoms with E-state index >= 15 is 0 Å². The monoisotopic (exact) mass is 381 g/mol. The summed E-state index contributed by atoms with van der Waals surface area (Å²) in [5.41, 5.74) is 1.12. The van der Waals surface area contributed by atoms with Crippen molar-refractivity contribution in [1.82, 2.24) is 19.6 Å². The number of hydrogen-bond acceptors (Lipinski definition) is 6. The van der Waals surface area contributed by atoms with Gasteiger partial charge in [0.1, 0.15) is 22.8 Å². The largest absolute Gasteiger partial charge is 0.437 e. The Hall–Kier alpha value is -3.46. The van der Waals surface area contributed by atoms with Crippen LogP contribution in [0.2, 0.25) is 0 Å². The molecule has 0 fully saturated rings. The molecule has 136 valence electrons. The smallest absolute Gasteiger partial charge is 0.247 e. The minimum absolute atomic E-state index is 0.191. The van der Waals surface area contributed by atoms with Crippen molar-refractivity contribution in [2.75, 3.05) is 11.0 Å². The van der Waals surface area contributed by atoms with Gasteiger partial charge in [0.2, 0.25) is 21.7 Å². The van der Waals surface area contributed by atoms with E-state index in [0.717, 1.165) is 6.26 Å². The Balaban J connectivity index is 1.78. The van der Waals surface area contributed by atoms with Crippen LogP contribution in [0, 0.1) is 0 Å². The Labute approximate surface area is 155 Å².